The number of Topliss-reactive ketones (excluding diaryl/α,β-unsaturated/α-hetero) is 1. The molecule has 0 heterocycles. The summed E-state index contributed by atoms with van der Waals surface area (Å²) in [6, 6.07) is 0. The third-order valence-corrected chi connectivity index (χ3v) is 5.11. The number of aliphatic carboxylic acids is 1. The quantitative estimate of drug-likeness (QED) is 0.458. The molecule has 1 rings (SSSR count). The predicted octanol–water partition coefficient (Wildman–Crippen LogP) is 3.64. The van der Waals surface area contributed by atoms with Gasteiger partial charge in [-0.05, 0) is 51.4 Å². The minimum atomic E-state index is -1.33. The third-order valence-electron chi connectivity index (χ3n) is 5.11. The smallest absolute Gasteiger partial charge is 0.332 e. The van der Waals surface area contributed by atoms with Crippen LogP contribution in [0, 0.1) is 11.8 Å². The maximum atomic E-state index is 12.1. The van der Waals surface area contributed by atoms with Crippen LogP contribution in [0.1, 0.15) is 71.6 Å². The molecule has 0 aromatic rings. The number of carbonyl (C=O) groups is 2. The van der Waals surface area contributed by atoms with Crippen molar-refractivity contribution in [3.8, 4) is 0 Å². The molecule has 1 aliphatic rings. The molecule has 0 amide bonds. The summed E-state index contributed by atoms with van der Waals surface area (Å²) in [6.45, 7) is 3.97. The van der Waals surface area contributed by atoms with E-state index in [-0.39, 0.29) is 24.0 Å². The molecule has 0 aliphatic heterocycles. The van der Waals surface area contributed by atoms with E-state index in [1.165, 1.54) is 0 Å². The van der Waals surface area contributed by atoms with Crippen LogP contribution in [0.3, 0.4) is 0 Å². The molecule has 2 unspecified atom stereocenters. The number of ketones is 1. The Morgan fingerprint density at radius 2 is 2.08 bits per heavy atom. The molecule has 1 aliphatic carbocycles. The molecule has 0 saturated heterocycles. The summed E-state index contributed by atoms with van der Waals surface area (Å²) in [5.74, 6) is -0.761. The fourth-order valence-corrected chi connectivity index (χ4v) is 3.37. The van der Waals surface area contributed by atoms with Gasteiger partial charge in [-0.25, -0.2) is 4.79 Å². The van der Waals surface area contributed by atoms with Crippen LogP contribution < -0.4 is 0 Å². The Kier molecular flexibility index (Phi) is 9.81. The monoisotopic (exact) mass is 366 g/mol. The third kappa shape index (κ3) is 8.28. The molecule has 3 N–H and O–H groups in total. The van der Waals surface area contributed by atoms with Crippen molar-refractivity contribution in [2.75, 3.05) is 0 Å². The zero-order valence-electron chi connectivity index (χ0n) is 16.1. The fourth-order valence-electron chi connectivity index (χ4n) is 3.37. The Morgan fingerprint density at radius 1 is 1.35 bits per heavy atom. The van der Waals surface area contributed by atoms with Gasteiger partial charge in [0.1, 0.15) is 5.78 Å². The number of aliphatic hydroxyl groups is 2. The van der Waals surface area contributed by atoms with E-state index >= 15 is 0 Å². The van der Waals surface area contributed by atoms with Crippen LogP contribution in [0.25, 0.3) is 0 Å². The summed E-state index contributed by atoms with van der Waals surface area (Å²) in [5, 5.41) is 28.2. The zero-order chi connectivity index (χ0) is 19.6. The van der Waals surface area contributed by atoms with Gasteiger partial charge in [0.15, 0.2) is 6.10 Å². The van der Waals surface area contributed by atoms with Crippen molar-refractivity contribution in [3.05, 3.63) is 24.3 Å². The van der Waals surface area contributed by atoms with Gasteiger partial charge in [-0.15, -0.1) is 0 Å². The summed E-state index contributed by atoms with van der Waals surface area (Å²) < 4.78 is 0. The number of carboxylic acids is 1. The van der Waals surface area contributed by atoms with Crippen LogP contribution in [0.4, 0.5) is 0 Å². The number of unbranched alkanes of at least 4 members (excludes halogenated alkanes) is 1. The lowest BCUT2D eigenvalue weighted by Gasteiger charge is -2.21. The Labute approximate surface area is 156 Å². The van der Waals surface area contributed by atoms with Crippen molar-refractivity contribution in [2.24, 2.45) is 11.8 Å². The molecule has 4 atom stereocenters. The van der Waals surface area contributed by atoms with E-state index in [2.05, 4.69) is 13.0 Å². The zero-order valence-corrected chi connectivity index (χ0v) is 16.1. The van der Waals surface area contributed by atoms with Gasteiger partial charge < -0.3 is 15.3 Å². The number of hydrogen-bond acceptors (Lipinski definition) is 4. The minimum Gasteiger partial charge on any atom is -0.479 e. The molecule has 5 nitrogen and oxygen atoms in total. The first-order valence-electron chi connectivity index (χ1n) is 9.74. The molecule has 0 radical (unpaired) electrons. The maximum Gasteiger partial charge on any atom is 0.332 e. The van der Waals surface area contributed by atoms with Gasteiger partial charge in [0.2, 0.25) is 0 Å². The van der Waals surface area contributed by atoms with Crippen LogP contribution in [-0.4, -0.2) is 38.8 Å². The second kappa shape index (κ2) is 11.3. The van der Waals surface area contributed by atoms with Crippen LogP contribution >= 0.6 is 0 Å². The van der Waals surface area contributed by atoms with Gasteiger partial charge in [-0.3, -0.25) is 4.79 Å². The Bertz CT molecular complexity index is 507. The van der Waals surface area contributed by atoms with Crippen LogP contribution in [0.15, 0.2) is 24.3 Å². The average Bonchev–Trinajstić information content (AvgIpc) is 2.92. The topological polar surface area (TPSA) is 94.8 Å². The van der Waals surface area contributed by atoms with Gasteiger partial charge in [-0.2, -0.15) is 0 Å². The second-order valence-corrected chi connectivity index (χ2v) is 7.65. The molecule has 0 bridgehead atoms. The van der Waals surface area contributed by atoms with Gasteiger partial charge >= 0.3 is 5.97 Å². The lowest BCUT2D eigenvalue weighted by atomic mass is 9.89. The predicted molar refractivity (Wildman–Crippen MR) is 102 cm³/mol. The molecule has 26 heavy (non-hydrogen) atoms. The molecule has 5 heteroatoms. The minimum absolute atomic E-state index is 0.0347. The standard InChI is InChI=1S/C21H34O5/c1-3-4-14-21(2,26)15-8-9-16-12-13-18(22)17(16)10-6-5-7-11-19(23)20(24)25/h5-6,8-9,16-17,19,23,26H,3-4,7,10-15H2,1-2H3,(H,24,25)/b6-5-,9-8+/t16-,17+,19?,21?/m0/s1. The Morgan fingerprint density at radius 3 is 2.73 bits per heavy atom. The van der Waals surface area contributed by atoms with Gasteiger partial charge in [0.05, 0.1) is 5.60 Å². The van der Waals surface area contributed by atoms with Crippen molar-refractivity contribution >= 4 is 11.8 Å². The van der Waals surface area contributed by atoms with Crippen LogP contribution in [0.5, 0.6) is 0 Å². The van der Waals surface area contributed by atoms with E-state index in [0.29, 0.717) is 25.7 Å². The highest BCUT2D eigenvalue weighted by atomic mass is 16.4. The highest BCUT2D eigenvalue weighted by Gasteiger charge is 2.32. The van der Waals surface area contributed by atoms with E-state index in [9.17, 15) is 19.8 Å². The van der Waals surface area contributed by atoms with Crippen molar-refractivity contribution in [1.29, 1.82) is 0 Å². The molecular formula is C21H34O5. The van der Waals surface area contributed by atoms with Crippen LogP contribution in [-0.2, 0) is 9.59 Å². The fraction of sp³-hybridized carbons (Fsp3) is 0.714. The Hall–Kier alpha value is -1.46. The number of allylic oxidation sites excluding steroid dienone is 3. The summed E-state index contributed by atoms with van der Waals surface area (Å²) in [6.07, 6.45) is 12.7. The Balaban J connectivity index is 2.45. The number of rotatable bonds is 12. The number of carboxylic acid groups (broad SMARTS) is 1. The van der Waals surface area contributed by atoms with Crippen LogP contribution in [0.2, 0.25) is 0 Å². The lowest BCUT2D eigenvalue weighted by molar-refractivity contribution is -0.146. The summed E-state index contributed by atoms with van der Waals surface area (Å²) in [4.78, 5) is 22.7. The van der Waals surface area contributed by atoms with Crippen molar-refractivity contribution in [1.82, 2.24) is 0 Å². The van der Waals surface area contributed by atoms with Crippen molar-refractivity contribution < 1.29 is 24.9 Å². The summed E-state index contributed by atoms with van der Waals surface area (Å²) >= 11 is 0. The highest BCUT2D eigenvalue weighted by molar-refractivity contribution is 5.83. The molecule has 1 saturated carbocycles. The first-order chi connectivity index (χ1) is 12.3. The number of carbonyl (C=O) groups excluding carboxylic acids is 1. The van der Waals surface area contributed by atoms with E-state index in [4.69, 9.17) is 5.11 Å². The molecule has 0 aromatic heterocycles. The molecular weight excluding hydrogens is 332 g/mol. The molecule has 0 spiro atoms. The molecule has 1 fully saturated rings. The molecule has 148 valence electrons. The number of hydrogen-bond donors (Lipinski definition) is 3. The van der Waals surface area contributed by atoms with E-state index in [1.54, 1.807) is 0 Å². The summed E-state index contributed by atoms with van der Waals surface area (Å²) in [7, 11) is 0. The van der Waals surface area contributed by atoms with Crippen molar-refractivity contribution in [3.63, 3.8) is 0 Å². The van der Waals surface area contributed by atoms with E-state index < -0.39 is 17.7 Å². The van der Waals surface area contributed by atoms with Crippen molar-refractivity contribution in [2.45, 2.75) is 83.3 Å². The normalized spacial score (nSPS) is 24.4. The van der Waals surface area contributed by atoms with E-state index in [0.717, 1.165) is 25.7 Å². The largest absolute Gasteiger partial charge is 0.479 e. The van der Waals surface area contributed by atoms with Gasteiger partial charge in [0.25, 0.3) is 0 Å². The highest BCUT2D eigenvalue weighted by Crippen LogP contribution is 2.33. The van der Waals surface area contributed by atoms with Gasteiger partial charge in [0, 0.05) is 12.3 Å². The SMILES string of the molecule is CCCCC(C)(O)C/C=C/[C@H]1CCC(=O)[C@@H]1C/C=C\CCC(O)C(=O)O. The first kappa shape index (κ1) is 22.6. The first-order valence-corrected chi connectivity index (χ1v) is 9.74. The lowest BCUT2D eigenvalue weighted by Crippen LogP contribution is -2.22. The summed E-state index contributed by atoms with van der Waals surface area (Å²) in [5.41, 5.74) is -0.685. The van der Waals surface area contributed by atoms with E-state index in [1.807, 2.05) is 25.2 Å². The maximum absolute atomic E-state index is 12.1. The molecule has 0 aromatic carbocycles. The number of aliphatic hydroxyl groups excluding tert-OH is 1. The average molecular weight is 366 g/mol. The second-order valence-electron chi connectivity index (χ2n) is 7.65. The van der Waals surface area contributed by atoms with Gasteiger partial charge in [-0.1, -0.05) is 44.1 Å².